The summed E-state index contributed by atoms with van der Waals surface area (Å²) in [6.45, 7) is 0. The molecule has 1 amide bonds. The zero-order valence-corrected chi connectivity index (χ0v) is 12.7. The number of benzene rings is 1. The fraction of sp³-hybridized carbons (Fsp3) is 0.364. The number of nitrogens with one attached hydrogen (secondary N) is 1. The summed E-state index contributed by atoms with van der Waals surface area (Å²) in [5.41, 5.74) is 0.235. The highest BCUT2D eigenvalue weighted by Crippen LogP contribution is 2.22. The normalized spacial score (nSPS) is 25.2. The van der Waals surface area contributed by atoms with Crippen LogP contribution in [-0.4, -0.2) is 37.2 Å². The van der Waals surface area contributed by atoms with Crippen LogP contribution in [0.3, 0.4) is 0 Å². The summed E-state index contributed by atoms with van der Waals surface area (Å²) in [6, 6.07) is 3.85. The molecule has 0 saturated carbocycles. The largest absolute Gasteiger partial charge is 0.347 e. The third-order valence-corrected chi connectivity index (χ3v) is 5.70. The van der Waals surface area contributed by atoms with Crippen molar-refractivity contribution in [2.45, 2.75) is 11.4 Å². The maximum atomic E-state index is 12.0. The summed E-state index contributed by atoms with van der Waals surface area (Å²) >= 11 is 17.6. The molecule has 19 heavy (non-hydrogen) atoms. The topological polar surface area (TPSA) is 63.2 Å². The molecule has 4 nitrogen and oxygen atoms in total. The monoisotopic (exact) mass is 341 g/mol. The number of amides is 1. The first-order chi connectivity index (χ1) is 8.78. The smallest absolute Gasteiger partial charge is 0.253 e. The zero-order chi connectivity index (χ0) is 14.2. The molecule has 0 aromatic heterocycles. The molecule has 2 rings (SSSR count). The maximum Gasteiger partial charge on any atom is 0.253 e. The highest BCUT2D eigenvalue weighted by Gasteiger charge is 2.37. The van der Waals surface area contributed by atoms with Gasteiger partial charge in [0.25, 0.3) is 5.91 Å². The van der Waals surface area contributed by atoms with Gasteiger partial charge in [0.15, 0.2) is 9.84 Å². The van der Waals surface area contributed by atoms with E-state index >= 15 is 0 Å². The van der Waals surface area contributed by atoms with Crippen molar-refractivity contribution in [2.24, 2.45) is 0 Å². The van der Waals surface area contributed by atoms with Crippen LogP contribution in [0.5, 0.6) is 0 Å². The molecule has 8 heteroatoms. The highest BCUT2D eigenvalue weighted by atomic mass is 35.5. The van der Waals surface area contributed by atoms with E-state index in [9.17, 15) is 13.2 Å². The van der Waals surface area contributed by atoms with Crippen LogP contribution in [0.4, 0.5) is 0 Å². The Hall–Kier alpha value is -0.490. The fourth-order valence-corrected chi connectivity index (χ4v) is 4.90. The van der Waals surface area contributed by atoms with Crippen LogP contribution in [0.2, 0.25) is 10.0 Å². The minimum absolute atomic E-state index is 0.131. The summed E-state index contributed by atoms with van der Waals surface area (Å²) in [7, 11) is -3.19. The molecule has 0 radical (unpaired) electrons. The van der Waals surface area contributed by atoms with Gasteiger partial charge in [-0.15, -0.1) is 11.6 Å². The molecule has 1 saturated heterocycles. The van der Waals surface area contributed by atoms with E-state index in [1.807, 2.05) is 0 Å². The maximum absolute atomic E-state index is 12.0. The predicted octanol–water partition coefficient (Wildman–Crippen LogP) is 2.13. The Morgan fingerprint density at radius 1 is 1.26 bits per heavy atom. The molecular weight excluding hydrogens is 333 g/mol. The lowest BCUT2D eigenvalue weighted by atomic mass is 10.2. The Kier molecular flexibility index (Phi) is 4.30. The Labute approximate surface area is 125 Å². The minimum Gasteiger partial charge on any atom is -0.347 e. The van der Waals surface area contributed by atoms with E-state index in [4.69, 9.17) is 34.8 Å². The zero-order valence-electron chi connectivity index (χ0n) is 9.57. The average molecular weight is 343 g/mol. The van der Waals surface area contributed by atoms with Crippen LogP contribution >= 0.6 is 34.8 Å². The van der Waals surface area contributed by atoms with Gasteiger partial charge in [-0.05, 0) is 18.2 Å². The van der Waals surface area contributed by atoms with Crippen molar-refractivity contribution in [3.63, 3.8) is 0 Å². The summed E-state index contributed by atoms with van der Waals surface area (Å²) < 4.78 is 22.8. The van der Waals surface area contributed by atoms with Crippen molar-refractivity contribution in [3.05, 3.63) is 33.8 Å². The molecule has 1 N–H and O–H groups in total. The van der Waals surface area contributed by atoms with Crippen LogP contribution in [0.15, 0.2) is 18.2 Å². The van der Waals surface area contributed by atoms with E-state index in [-0.39, 0.29) is 22.1 Å². The van der Waals surface area contributed by atoms with Gasteiger partial charge in [0.1, 0.15) is 0 Å². The average Bonchev–Trinajstić information content (AvgIpc) is 2.51. The number of carbonyl (C=O) groups is 1. The molecule has 0 bridgehead atoms. The second kappa shape index (κ2) is 5.48. The summed E-state index contributed by atoms with van der Waals surface area (Å²) in [5, 5.41) is 2.58. The number of sulfone groups is 1. The van der Waals surface area contributed by atoms with E-state index < -0.39 is 27.2 Å². The van der Waals surface area contributed by atoms with Crippen molar-refractivity contribution >= 4 is 50.5 Å². The molecule has 1 aromatic carbocycles. The van der Waals surface area contributed by atoms with Crippen LogP contribution in [-0.2, 0) is 9.84 Å². The number of hydrogen-bond acceptors (Lipinski definition) is 3. The second-order valence-electron chi connectivity index (χ2n) is 4.30. The molecule has 2 atom stereocenters. The number of rotatable bonds is 2. The molecule has 0 unspecified atom stereocenters. The Bertz CT molecular complexity index is 618. The van der Waals surface area contributed by atoms with Gasteiger partial charge in [0.05, 0.1) is 33.5 Å². The van der Waals surface area contributed by atoms with E-state index in [0.717, 1.165) is 0 Å². The first-order valence-electron chi connectivity index (χ1n) is 5.39. The molecule has 0 spiro atoms. The molecule has 1 aromatic rings. The van der Waals surface area contributed by atoms with E-state index in [2.05, 4.69) is 5.32 Å². The van der Waals surface area contributed by atoms with Gasteiger partial charge < -0.3 is 5.32 Å². The van der Waals surface area contributed by atoms with Crippen LogP contribution in [0.25, 0.3) is 0 Å². The van der Waals surface area contributed by atoms with E-state index in [1.54, 1.807) is 0 Å². The van der Waals surface area contributed by atoms with Crippen molar-refractivity contribution in [3.8, 4) is 0 Å². The molecule has 1 heterocycles. The SMILES string of the molecule is O=C(N[C@H]1CS(=O)(=O)C[C@@H]1Cl)c1ccc(Cl)cc1Cl. The third kappa shape index (κ3) is 3.54. The van der Waals surface area contributed by atoms with Crippen molar-refractivity contribution < 1.29 is 13.2 Å². The molecular formula is C11H10Cl3NO3S. The summed E-state index contributed by atoms with van der Waals surface area (Å²) in [4.78, 5) is 12.0. The van der Waals surface area contributed by atoms with Gasteiger partial charge in [-0.3, -0.25) is 4.79 Å². The molecule has 1 fully saturated rings. The lowest BCUT2D eigenvalue weighted by Gasteiger charge is -2.15. The van der Waals surface area contributed by atoms with Crippen molar-refractivity contribution in [1.29, 1.82) is 0 Å². The van der Waals surface area contributed by atoms with Crippen LogP contribution in [0.1, 0.15) is 10.4 Å². The van der Waals surface area contributed by atoms with Gasteiger partial charge in [-0.2, -0.15) is 0 Å². The van der Waals surface area contributed by atoms with Crippen molar-refractivity contribution in [1.82, 2.24) is 5.32 Å². The lowest BCUT2D eigenvalue weighted by Crippen LogP contribution is -2.40. The van der Waals surface area contributed by atoms with Gasteiger partial charge in [-0.1, -0.05) is 23.2 Å². The number of hydrogen-bond donors (Lipinski definition) is 1. The van der Waals surface area contributed by atoms with Gasteiger partial charge in [0, 0.05) is 5.02 Å². The minimum atomic E-state index is -3.19. The first kappa shape index (κ1) is 14.9. The molecule has 104 valence electrons. The first-order valence-corrected chi connectivity index (χ1v) is 8.40. The number of alkyl halides is 1. The van der Waals surface area contributed by atoms with Gasteiger partial charge in [0.2, 0.25) is 0 Å². The Balaban J connectivity index is 2.14. The molecule has 0 aliphatic carbocycles. The van der Waals surface area contributed by atoms with Gasteiger partial charge in [-0.25, -0.2) is 8.42 Å². The predicted molar refractivity (Wildman–Crippen MR) is 76.0 cm³/mol. The fourth-order valence-electron chi connectivity index (χ4n) is 1.86. The van der Waals surface area contributed by atoms with E-state index in [1.165, 1.54) is 18.2 Å². The molecule has 1 aliphatic rings. The van der Waals surface area contributed by atoms with Crippen molar-refractivity contribution in [2.75, 3.05) is 11.5 Å². The lowest BCUT2D eigenvalue weighted by molar-refractivity contribution is 0.0941. The van der Waals surface area contributed by atoms with Gasteiger partial charge >= 0.3 is 0 Å². The quantitative estimate of drug-likeness (QED) is 0.838. The number of halogens is 3. The number of carbonyl (C=O) groups excluding carboxylic acids is 1. The van der Waals surface area contributed by atoms with Crippen LogP contribution < -0.4 is 5.32 Å². The van der Waals surface area contributed by atoms with Crippen LogP contribution in [0, 0.1) is 0 Å². The highest BCUT2D eigenvalue weighted by molar-refractivity contribution is 7.91. The summed E-state index contributed by atoms with van der Waals surface area (Å²) in [6.07, 6.45) is 0. The second-order valence-corrected chi connectivity index (χ2v) is 7.86. The molecule has 1 aliphatic heterocycles. The Morgan fingerprint density at radius 3 is 2.47 bits per heavy atom. The van der Waals surface area contributed by atoms with E-state index in [0.29, 0.717) is 5.02 Å². The third-order valence-electron chi connectivity index (χ3n) is 2.78. The summed E-state index contributed by atoms with van der Waals surface area (Å²) in [5.74, 6) is -0.749. The Morgan fingerprint density at radius 2 is 1.95 bits per heavy atom. The standard InChI is InChI=1S/C11H10Cl3NO3S/c12-6-1-2-7(8(13)3-6)11(16)15-10-5-19(17,18)4-9(10)14/h1-3,9-10H,4-5H2,(H,15,16)/t9-,10-/m0/s1.